The molecule has 0 bridgehead atoms. The lowest BCUT2D eigenvalue weighted by atomic mass is 10.1. The number of rotatable bonds is 3. The summed E-state index contributed by atoms with van der Waals surface area (Å²) in [5.41, 5.74) is 1.84. The zero-order chi connectivity index (χ0) is 18.2. The van der Waals surface area contributed by atoms with Crippen LogP contribution >= 0.6 is 0 Å². The van der Waals surface area contributed by atoms with Crippen LogP contribution in [0.4, 0.5) is 13.2 Å². The smallest absolute Gasteiger partial charge is 0.335 e. The SMILES string of the molecule is Cc1nc2c(C)cccn2c1C(=O)NC(c1ccccc1)C(F)(F)F. The summed E-state index contributed by atoms with van der Waals surface area (Å²) < 4.78 is 41.9. The fourth-order valence-electron chi connectivity index (χ4n) is 2.79. The topological polar surface area (TPSA) is 46.4 Å². The molecule has 7 heteroatoms. The number of aromatic nitrogens is 2. The van der Waals surface area contributed by atoms with E-state index in [-0.39, 0.29) is 11.3 Å². The van der Waals surface area contributed by atoms with E-state index in [1.54, 1.807) is 25.3 Å². The number of imidazole rings is 1. The van der Waals surface area contributed by atoms with Crippen molar-refractivity contribution >= 4 is 11.6 Å². The van der Waals surface area contributed by atoms with Crippen molar-refractivity contribution in [2.24, 2.45) is 0 Å². The molecule has 3 rings (SSSR count). The number of aryl methyl sites for hydroxylation is 2. The van der Waals surface area contributed by atoms with Gasteiger partial charge in [-0.05, 0) is 31.0 Å². The summed E-state index contributed by atoms with van der Waals surface area (Å²) in [4.78, 5) is 16.9. The molecule has 1 aromatic carbocycles. The second-order valence-corrected chi connectivity index (χ2v) is 5.79. The lowest BCUT2D eigenvalue weighted by Crippen LogP contribution is -2.38. The van der Waals surface area contributed by atoms with E-state index in [0.717, 1.165) is 5.56 Å². The van der Waals surface area contributed by atoms with Crippen LogP contribution in [-0.2, 0) is 0 Å². The van der Waals surface area contributed by atoms with Crippen LogP contribution in [0.1, 0.15) is 33.4 Å². The third kappa shape index (κ3) is 3.22. The maximum Gasteiger partial charge on any atom is 0.412 e. The van der Waals surface area contributed by atoms with E-state index in [0.29, 0.717) is 11.3 Å². The number of amides is 1. The Morgan fingerprint density at radius 2 is 1.80 bits per heavy atom. The highest BCUT2D eigenvalue weighted by molar-refractivity contribution is 5.95. The molecule has 0 fully saturated rings. The van der Waals surface area contributed by atoms with E-state index in [9.17, 15) is 18.0 Å². The highest BCUT2D eigenvalue weighted by Crippen LogP contribution is 2.33. The number of carbonyl (C=O) groups excluding carboxylic acids is 1. The molecule has 0 saturated carbocycles. The molecule has 0 aliphatic carbocycles. The lowest BCUT2D eigenvalue weighted by molar-refractivity contribution is -0.155. The minimum atomic E-state index is -4.61. The van der Waals surface area contributed by atoms with Gasteiger partial charge < -0.3 is 5.32 Å². The summed E-state index contributed by atoms with van der Waals surface area (Å²) in [5, 5.41) is 2.10. The Labute approximate surface area is 142 Å². The second-order valence-electron chi connectivity index (χ2n) is 5.79. The van der Waals surface area contributed by atoms with Gasteiger partial charge in [-0.15, -0.1) is 0 Å². The van der Waals surface area contributed by atoms with Crippen LogP contribution in [0.2, 0.25) is 0 Å². The van der Waals surface area contributed by atoms with Gasteiger partial charge in [-0.3, -0.25) is 9.20 Å². The summed E-state index contributed by atoms with van der Waals surface area (Å²) in [5.74, 6) is -0.818. The second kappa shape index (κ2) is 6.23. The molecule has 1 N–H and O–H groups in total. The molecule has 0 spiro atoms. The van der Waals surface area contributed by atoms with Gasteiger partial charge in [0.15, 0.2) is 6.04 Å². The minimum absolute atomic E-state index is 0.0222. The molecule has 130 valence electrons. The fourth-order valence-corrected chi connectivity index (χ4v) is 2.79. The zero-order valence-electron chi connectivity index (χ0n) is 13.6. The number of fused-ring (bicyclic) bond motifs is 1. The van der Waals surface area contributed by atoms with E-state index < -0.39 is 18.1 Å². The van der Waals surface area contributed by atoms with Crippen LogP contribution in [0.3, 0.4) is 0 Å². The summed E-state index contributed by atoms with van der Waals surface area (Å²) in [6, 6.07) is 8.76. The normalized spacial score (nSPS) is 13.0. The first-order valence-electron chi connectivity index (χ1n) is 7.66. The van der Waals surface area contributed by atoms with Gasteiger partial charge in [0, 0.05) is 6.20 Å². The number of pyridine rings is 1. The van der Waals surface area contributed by atoms with Crippen LogP contribution in [0.15, 0.2) is 48.7 Å². The van der Waals surface area contributed by atoms with E-state index in [1.165, 1.54) is 28.7 Å². The van der Waals surface area contributed by atoms with Crippen LogP contribution in [0.25, 0.3) is 5.65 Å². The number of nitrogens with zero attached hydrogens (tertiary/aromatic N) is 2. The van der Waals surface area contributed by atoms with Crippen LogP contribution in [-0.4, -0.2) is 21.5 Å². The summed E-state index contributed by atoms with van der Waals surface area (Å²) in [7, 11) is 0. The quantitative estimate of drug-likeness (QED) is 0.779. The predicted molar refractivity (Wildman–Crippen MR) is 87.4 cm³/mol. The Bertz CT molecular complexity index is 916. The van der Waals surface area contributed by atoms with Crippen LogP contribution in [0.5, 0.6) is 0 Å². The fraction of sp³-hybridized carbons (Fsp3) is 0.222. The van der Waals surface area contributed by atoms with Gasteiger partial charge in [-0.2, -0.15) is 13.2 Å². The van der Waals surface area contributed by atoms with Crippen molar-refractivity contribution in [2.75, 3.05) is 0 Å². The van der Waals surface area contributed by atoms with Gasteiger partial charge in [-0.1, -0.05) is 36.4 Å². The number of benzene rings is 1. The van der Waals surface area contributed by atoms with E-state index in [1.807, 2.05) is 13.0 Å². The zero-order valence-corrected chi connectivity index (χ0v) is 13.6. The van der Waals surface area contributed by atoms with Gasteiger partial charge >= 0.3 is 6.18 Å². The Morgan fingerprint density at radius 3 is 2.44 bits per heavy atom. The molecule has 1 atom stereocenters. The molecule has 2 heterocycles. The molecule has 25 heavy (non-hydrogen) atoms. The molecule has 1 amide bonds. The van der Waals surface area contributed by atoms with Gasteiger partial charge in [0.25, 0.3) is 5.91 Å². The van der Waals surface area contributed by atoms with E-state index >= 15 is 0 Å². The minimum Gasteiger partial charge on any atom is -0.335 e. The molecule has 3 aromatic rings. The maximum absolute atomic E-state index is 13.4. The molecule has 2 aromatic heterocycles. The lowest BCUT2D eigenvalue weighted by Gasteiger charge is -2.22. The molecule has 0 saturated heterocycles. The number of alkyl halides is 3. The van der Waals surface area contributed by atoms with Gasteiger partial charge in [0.1, 0.15) is 11.3 Å². The maximum atomic E-state index is 13.4. The van der Waals surface area contributed by atoms with E-state index in [4.69, 9.17) is 0 Å². The van der Waals surface area contributed by atoms with E-state index in [2.05, 4.69) is 10.3 Å². The molecule has 0 aliphatic rings. The highest BCUT2D eigenvalue weighted by atomic mass is 19.4. The van der Waals surface area contributed by atoms with Gasteiger partial charge in [0.2, 0.25) is 0 Å². The van der Waals surface area contributed by atoms with Crippen LogP contribution < -0.4 is 5.32 Å². The third-order valence-corrected chi connectivity index (χ3v) is 3.97. The highest BCUT2D eigenvalue weighted by Gasteiger charge is 2.42. The Hall–Kier alpha value is -2.83. The first-order chi connectivity index (χ1) is 11.8. The average Bonchev–Trinajstić information content (AvgIpc) is 2.90. The number of hydrogen-bond donors (Lipinski definition) is 1. The molecule has 0 radical (unpaired) electrons. The van der Waals surface area contributed by atoms with Crippen molar-refractivity contribution in [1.82, 2.24) is 14.7 Å². The van der Waals surface area contributed by atoms with Gasteiger partial charge in [0.05, 0.1) is 5.69 Å². The van der Waals surface area contributed by atoms with Crippen molar-refractivity contribution < 1.29 is 18.0 Å². The van der Waals surface area contributed by atoms with Crippen molar-refractivity contribution in [3.05, 3.63) is 71.2 Å². The Morgan fingerprint density at radius 1 is 1.12 bits per heavy atom. The number of hydrogen-bond acceptors (Lipinski definition) is 2. The largest absolute Gasteiger partial charge is 0.412 e. The Balaban J connectivity index is 2.01. The molecule has 0 aliphatic heterocycles. The molecule has 1 unspecified atom stereocenters. The summed E-state index contributed by atoms with van der Waals surface area (Å²) in [6.07, 6.45) is -3.00. The molecular formula is C18H16F3N3O. The number of halogens is 3. The number of nitrogens with one attached hydrogen (secondary N) is 1. The monoisotopic (exact) mass is 347 g/mol. The van der Waals surface area contributed by atoms with Gasteiger partial charge in [-0.25, -0.2) is 4.98 Å². The summed E-state index contributed by atoms with van der Waals surface area (Å²) in [6.45, 7) is 3.43. The first kappa shape index (κ1) is 17.0. The third-order valence-electron chi connectivity index (χ3n) is 3.97. The predicted octanol–water partition coefficient (Wildman–Crippen LogP) is 3.98. The van der Waals surface area contributed by atoms with Crippen LogP contribution in [0, 0.1) is 13.8 Å². The van der Waals surface area contributed by atoms with Crippen molar-refractivity contribution in [3.63, 3.8) is 0 Å². The Kier molecular flexibility index (Phi) is 4.24. The van der Waals surface area contributed by atoms with Crippen molar-refractivity contribution in [1.29, 1.82) is 0 Å². The summed E-state index contributed by atoms with van der Waals surface area (Å²) >= 11 is 0. The standard InChI is InChI=1S/C18H16F3N3O/c1-11-7-6-10-24-14(12(2)22-16(11)24)17(25)23-15(18(19,20)21)13-8-4-3-5-9-13/h3-10,15H,1-2H3,(H,23,25). The van der Waals surface area contributed by atoms with Crippen molar-refractivity contribution in [3.8, 4) is 0 Å². The van der Waals surface area contributed by atoms with Crippen molar-refractivity contribution in [2.45, 2.75) is 26.1 Å². The molecule has 4 nitrogen and oxygen atoms in total. The average molecular weight is 347 g/mol. The molecular weight excluding hydrogens is 331 g/mol. The first-order valence-corrected chi connectivity index (χ1v) is 7.66. The number of carbonyl (C=O) groups is 1.